The molecule has 0 spiro atoms. The van der Waals surface area contributed by atoms with E-state index in [4.69, 9.17) is 4.74 Å². The molecule has 74 valence electrons. The van der Waals surface area contributed by atoms with Crippen LogP contribution < -0.4 is 0 Å². The van der Waals surface area contributed by atoms with E-state index in [2.05, 4.69) is 41.5 Å². The van der Waals surface area contributed by atoms with Gasteiger partial charge in [0.05, 0.1) is 11.7 Å². The first-order valence-electron chi connectivity index (χ1n) is 5.03. The molecule has 0 saturated carbocycles. The van der Waals surface area contributed by atoms with Crippen LogP contribution in [0.5, 0.6) is 0 Å². The predicted molar refractivity (Wildman–Crippen MR) is 54.4 cm³/mol. The second-order valence-electron chi connectivity index (χ2n) is 4.89. The highest BCUT2D eigenvalue weighted by Gasteiger charge is 2.17. The Labute approximate surface area is 77.5 Å². The maximum absolute atomic E-state index is 5.90. The van der Waals surface area contributed by atoms with E-state index in [0.717, 1.165) is 12.3 Å². The first-order valence-corrected chi connectivity index (χ1v) is 5.03. The molecule has 0 radical (unpaired) electrons. The van der Waals surface area contributed by atoms with Gasteiger partial charge in [0.1, 0.15) is 0 Å². The zero-order valence-corrected chi connectivity index (χ0v) is 9.48. The summed E-state index contributed by atoms with van der Waals surface area (Å²) in [5, 5.41) is 0. The van der Waals surface area contributed by atoms with Crippen LogP contribution in [0.1, 0.15) is 54.4 Å². The van der Waals surface area contributed by atoms with E-state index in [0.29, 0.717) is 6.10 Å². The van der Waals surface area contributed by atoms with Crippen molar-refractivity contribution in [3.05, 3.63) is 0 Å². The van der Waals surface area contributed by atoms with Crippen LogP contribution >= 0.6 is 0 Å². The standard InChI is InChI=1S/C11H24O/c1-7-10(8-9(2)3)12-11(4,5)6/h9-10H,7-8H2,1-6H3. The van der Waals surface area contributed by atoms with E-state index in [1.165, 1.54) is 6.42 Å². The van der Waals surface area contributed by atoms with Crippen molar-refractivity contribution in [2.24, 2.45) is 5.92 Å². The zero-order valence-electron chi connectivity index (χ0n) is 9.48. The average Bonchev–Trinajstić information content (AvgIpc) is 1.82. The topological polar surface area (TPSA) is 9.23 Å². The minimum absolute atomic E-state index is 0.00949. The maximum Gasteiger partial charge on any atom is 0.0602 e. The Morgan fingerprint density at radius 3 is 1.92 bits per heavy atom. The van der Waals surface area contributed by atoms with Crippen LogP contribution in [0.3, 0.4) is 0 Å². The normalized spacial score (nSPS) is 15.2. The fourth-order valence-corrected chi connectivity index (χ4v) is 1.32. The average molecular weight is 172 g/mol. The highest BCUT2D eigenvalue weighted by Crippen LogP contribution is 2.18. The zero-order chi connectivity index (χ0) is 9.78. The molecule has 0 aromatic rings. The van der Waals surface area contributed by atoms with E-state index >= 15 is 0 Å². The molecule has 0 N–H and O–H groups in total. The molecular weight excluding hydrogens is 148 g/mol. The van der Waals surface area contributed by atoms with Crippen LogP contribution in [-0.2, 0) is 4.74 Å². The van der Waals surface area contributed by atoms with Crippen molar-refractivity contribution >= 4 is 0 Å². The Hall–Kier alpha value is -0.0400. The van der Waals surface area contributed by atoms with Gasteiger partial charge in [0.2, 0.25) is 0 Å². The Balaban J connectivity index is 3.83. The van der Waals surface area contributed by atoms with Crippen molar-refractivity contribution in [3.8, 4) is 0 Å². The number of hydrogen-bond donors (Lipinski definition) is 0. The van der Waals surface area contributed by atoms with Gasteiger partial charge in [-0.15, -0.1) is 0 Å². The molecule has 0 aliphatic carbocycles. The van der Waals surface area contributed by atoms with Crippen molar-refractivity contribution in [2.75, 3.05) is 0 Å². The van der Waals surface area contributed by atoms with Crippen LogP contribution in [0, 0.1) is 5.92 Å². The molecule has 0 aliphatic rings. The van der Waals surface area contributed by atoms with E-state index in [1.807, 2.05) is 0 Å². The third kappa shape index (κ3) is 6.66. The lowest BCUT2D eigenvalue weighted by Gasteiger charge is -2.27. The van der Waals surface area contributed by atoms with Crippen LogP contribution in [0.4, 0.5) is 0 Å². The van der Waals surface area contributed by atoms with E-state index in [9.17, 15) is 0 Å². The van der Waals surface area contributed by atoms with Crippen molar-refractivity contribution in [3.63, 3.8) is 0 Å². The van der Waals surface area contributed by atoms with Gasteiger partial charge in [0.25, 0.3) is 0 Å². The van der Waals surface area contributed by atoms with Crippen molar-refractivity contribution in [2.45, 2.75) is 66.1 Å². The third-order valence-electron chi connectivity index (χ3n) is 1.71. The lowest BCUT2D eigenvalue weighted by molar-refractivity contribution is -0.0684. The Morgan fingerprint density at radius 2 is 1.67 bits per heavy atom. The van der Waals surface area contributed by atoms with Gasteiger partial charge < -0.3 is 4.74 Å². The van der Waals surface area contributed by atoms with Crippen molar-refractivity contribution in [1.82, 2.24) is 0 Å². The highest BCUT2D eigenvalue weighted by atomic mass is 16.5. The van der Waals surface area contributed by atoms with E-state index in [1.54, 1.807) is 0 Å². The van der Waals surface area contributed by atoms with E-state index in [-0.39, 0.29) is 5.60 Å². The first kappa shape index (κ1) is 12.0. The second-order valence-corrected chi connectivity index (χ2v) is 4.89. The van der Waals surface area contributed by atoms with Crippen molar-refractivity contribution in [1.29, 1.82) is 0 Å². The van der Waals surface area contributed by atoms with Gasteiger partial charge in [-0.3, -0.25) is 0 Å². The lowest BCUT2D eigenvalue weighted by atomic mass is 10.0. The second kappa shape index (κ2) is 4.86. The third-order valence-corrected chi connectivity index (χ3v) is 1.71. The fourth-order valence-electron chi connectivity index (χ4n) is 1.32. The van der Waals surface area contributed by atoms with Crippen LogP contribution in [0.25, 0.3) is 0 Å². The molecule has 0 fully saturated rings. The molecule has 1 heteroatoms. The Kier molecular flexibility index (Phi) is 4.84. The molecule has 12 heavy (non-hydrogen) atoms. The molecular formula is C11H24O. The smallest absolute Gasteiger partial charge is 0.0602 e. The van der Waals surface area contributed by atoms with Crippen LogP contribution in [-0.4, -0.2) is 11.7 Å². The Bertz CT molecular complexity index is 111. The molecule has 0 aromatic heterocycles. The summed E-state index contributed by atoms with van der Waals surface area (Å²) < 4.78 is 5.90. The van der Waals surface area contributed by atoms with Gasteiger partial charge >= 0.3 is 0 Å². The summed E-state index contributed by atoms with van der Waals surface area (Å²) in [6.45, 7) is 13.0. The van der Waals surface area contributed by atoms with Gasteiger partial charge in [-0.2, -0.15) is 0 Å². The molecule has 0 bridgehead atoms. The fraction of sp³-hybridized carbons (Fsp3) is 1.00. The Morgan fingerprint density at radius 1 is 1.17 bits per heavy atom. The first-order chi connectivity index (χ1) is 5.35. The molecule has 0 saturated heterocycles. The molecule has 0 aromatic carbocycles. The molecule has 1 atom stereocenters. The highest BCUT2D eigenvalue weighted by molar-refractivity contribution is 4.66. The summed E-state index contributed by atoms with van der Waals surface area (Å²) in [6.07, 6.45) is 2.73. The minimum atomic E-state index is 0.00949. The number of hydrogen-bond acceptors (Lipinski definition) is 1. The number of rotatable bonds is 4. The molecule has 1 nitrogen and oxygen atoms in total. The summed E-state index contributed by atoms with van der Waals surface area (Å²) in [5.74, 6) is 0.734. The van der Waals surface area contributed by atoms with Crippen LogP contribution in [0.2, 0.25) is 0 Å². The van der Waals surface area contributed by atoms with Crippen molar-refractivity contribution < 1.29 is 4.74 Å². The SMILES string of the molecule is CCC(CC(C)C)OC(C)(C)C. The van der Waals surface area contributed by atoms with Gasteiger partial charge in [-0.25, -0.2) is 0 Å². The summed E-state index contributed by atoms with van der Waals surface area (Å²) in [6, 6.07) is 0. The van der Waals surface area contributed by atoms with Crippen LogP contribution in [0.15, 0.2) is 0 Å². The monoisotopic (exact) mass is 172 g/mol. The minimum Gasteiger partial charge on any atom is -0.373 e. The summed E-state index contributed by atoms with van der Waals surface area (Å²) in [7, 11) is 0. The molecule has 0 heterocycles. The van der Waals surface area contributed by atoms with E-state index < -0.39 is 0 Å². The number of ether oxygens (including phenoxy) is 1. The largest absolute Gasteiger partial charge is 0.373 e. The molecule has 0 aliphatic heterocycles. The van der Waals surface area contributed by atoms with Gasteiger partial charge in [0.15, 0.2) is 0 Å². The van der Waals surface area contributed by atoms with Gasteiger partial charge in [-0.1, -0.05) is 20.8 Å². The summed E-state index contributed by atoms with van der Waals surface area (Å²) in [4.78, 5) is 0. The maximum atomic E-state index is 5.90. The summed E-state index contributed by atoms with van der Waals surface area (Å²) >= 11 is 0. The predicted octanol–water partition coefficient (Wildman–Crippen LogP) is 3.63. The quantitative estimate of drug-likeness (QED) is 0.629. The summed E-state index contributed by atoms with van der Waals surface area (Å²) in [5.41, 5.74) is 0.00949. The molecule has 0 rings (SSSR count). The molecule has 1 unspecified atom stereocenters. The lowest BCUT2D eigenvalue weighted by Crippen LogP contribution is -2.27. The molecule has 0 amide bonds. The van der Waals surface area contributed by atoms with Gasteiger partial charge in [0, 0.05) is 0 Å². The van der Waals surface area contributed by atoms with Gasteiger partial charge in [-0.05, 0) is 39.5 Å².